The van der Waals surface area contributed by atoms with Crippen molar-refractivity contribution in [3.05, 3.63) is 71.3 Å². The van der Waals surface area contributed by atoms with E-state index >= 15 is 0 Å². The first-order valence-corrected chi connectivity index (χ1v) is 12.6. The largest absolute Gasteiger partial charge is 0.444 e. The van der Waals surface area contributed by atoms with E-state index in [-0.39, 0.29) is 31.5 Å². The molecule has 11 heteroatoms. The molecule has 0 aromatic heterocycles. The number of hydrogen-bond acceptors (Lipinski definition) is 5. The van der Waals surface area contributed by atoms with Gasteiger partial charge in [0.15, 0.2) is 0 Å². The predicted molar refractivity (Wildman–Crippen MR) is 137 cm³/mol. The van der Waals surface area contributed by atoms with Crippen LogP contribution in [0.1, 0.15) is 43.9 Å². The summed E-state index contributed by atoms with van der Waals surface area (Å²) in [7, 11) is 1.53. The van der Waals surface area contributed by atoms with E-state index in [2.05, 4.69) is 5.32 Å². The lowest BCUT2D eigenvalue weighted by molar-refractivity contribution is -0.137. The minimum atomic E-state index is -4.57. The summed E-state index contributed by atoms with van der Waals surface area (Å²) in [6, 6.07) is 11.3. The molecule has 1 heterocycles. The lowest BCUT2D eigenvalue weighted by atomic mass is 10.0. The molecule has 1 aliphatic heterocycles. The molecule has 0 bridgehead atoms. The number of β-amino-alcohol motifs (C(OH)–C–C–N with tert-alkyl or cyclic N) is 1. The summed E-state index contributed by atoms with van der Waals surface area (Å²) >= 11 is 0. The Hall–Kier alpha value is -3.60. The maximum absolute atomic E-state index is 13.5. The Balaban J connectivity index is 1.85. The summed E-state index contributed by atoms with van der Waals surface area (Å²) in [6.45, 7) is 5.07. The third-order valence-electron chi connectivity index (χ3n) is 6.16. The third kappa shape index (κ3) is 8.44. The molecule has 39 heavy (non-hydrogen) atoms. The zero-order chi connectivity index (χ0) is 29.0. The average molecular weight is 550 g/mol. The number of amides is 3. The summed E-state index contributed by atoms with van der Waals surface area (Å²) in [6.07, 6.45) is -6.63. The van der Waals surface area contributed by atoms with Crippen molar-refractivity contribution in [3.63, 3.8) is 0 Å². The van der Waals surface area contributed by atoms with Crippen molar-refractivity contribution in [3.8, 4) is 0 Å². The van der Waals surface area contributed by atoms with Gasteiger partial charge < -0.3 is 20.1 Å². The van der Waals surface area contributed by atoms with Crippen molar-refractivity contribution in [1.82, 2.24) is 15.1 Å². The van der Waals surface area contributed by atoms with Gasteiger partial charge in [-0.25, -0.2) is 4.79 Å². The van der Waals surface area contributed by atoms with E-state index in [0.29, 0.717) is 0 Å². The highest BCUT2D eigenvalue weighted by Crippen LogP contribution is 2.30. The summed E-state index contributed by atoms with van der Waals surface area (Å²) in [5.41, 5.74) is -0.682. The fourth-order valence-corrected chi connectivity index (χ4v) is 4.36. The van der Waals surface area contributed by atoms with Crippen molar-refractivity contribution in [1.29, 1.82) is 0 Å². The summed E-state index contributed by atoms with van der Waals surface area (Å²) in [4.78, 5) is 42.0. The van der Waals surface area contributed by atoms with E-state index < -0.39 is 53.4 Å². The van der Waals surface area contributed by atoms with Crippen molar-refractivity contribution < 1.29 is 37.4 Å². The van der Waals surface area contributed by atoms with Gasteiger partial charge in [0, 0.05) is 26.4 Å². The van der Waals surface area contributed by atoms with Gasteiger partial charge in [-0.3, -0.25) is 14.5 Å². The maximum atomic E-state index is 13.5. The molecule has 3 rings (SSSR count). The number of nitrogens with zero attached hydrogens (tertiary/aromatic N) is 2. The monoisotopic (exact) mass is 549 g/mol. The molecular formula is C28H34F3N3O5. The van der Waals surface area contributed by atoms with Crippen LogP contribution in [-0.2, 0) is 33.5 Å². The highest BCUT2D eigenvalue weighted by molar-refractivity contribution is 5.92. The number of aliphatic hydroxyl groups is 1. The average Bonchev–Trinajstić information content (AvgIpc) is 3.24. The zero-order valence-electron chi connectivity index (χ0n) is 22.4. The summed E-state index contributed by atoms with van der Waals surface area (Å²) < 4.78 is 45.3. The van der Waals surface area contributed by atoms with Gasteiger partial charge in [0.1, 0.15) is 17.7 Å². The standard InChI is InChI=1S/C28H34F3N3O5/c1-27(2,3)39-26(38)34-17-21(35)15-23(34)24(36)32-22(14-19-11-8-12-20(13-19)28(29,30)31)25(37)33(4)16-18-9-6-5-7-10-18/h5-13,21-23,35H,14-17H2,1-4H3,(H,32,36)/t21-,22+,23+/m1/s1. The second kappa shape index (κ2) is 12.1. The first-order chi connectivity index (χ1) is 18.1. The van der Waals surface area contributed by atoms with E-state index in [4.69, 9.17) is 4.74 Å². The molecular weight excluding hydrogens is 515 g/mol. The molecule has 1 aliphatic rings. The number of hydrogen-bond donors (Lipinski definition) is 2. The Labute approximate surface area is 225 Å². The molecule has 0 aliphatic carbocycles. The maximum Gasteiger partial charge on any atom is 0.416 e. The molecule has 0 saturated carbocycles. The minimum Gasteiger partial charge on any atom is -0.444 e. The van der Waals surface area contributed by atoms with Crippen LogP contribution in [0.3, 0.4) is 0 Å². The van der Waals surface area contributed by atoms with Gasteiger partial charge in [-0.2, -0.15) is 13.2 Å². The van der Waals surface area contributed by atoms with Crippen LogP contribution < -0.4 is 5.32 Å². The van der Waals surface area contributed by atoms with Crippen molar-refractivity contribution in [2.75, 3.05) is 13.6 Å². The Kier molecular flexibility index (Phi) is 9.26. The fourth-order valence-electron chi connectivity index (χ4n) is 4.36. The molecule has 2 N–H and O–H groups in total. The highest BCUT2D eigenvalue weighted by atomic mass is 19.4. The molecule has 1 saturated heterocycles. The zero-order valence-corrected chi connectivity index (χ0v) is 22.4. The van der Waals surface area contributed by atoms with Crippen LogP contribution in [0.5, 0.6) is 0 Å². The Morgan fingerprint density at radius 2 is 1.72 bits per heavy atom. The van der Waals surface area contributed by atoms with E-state index in [0.717, 1.165) is 22.6 Å². The molecule has 2 aromatic rings. The lowest BCUT2D eigenvalue weighted by Crippen LogP contribution is -2.54. The van der Waals surface area contributed by atoms with Gasteiger partial charge in [0.2, 0.25) is 11.8 Å². The first-order valence-electron chi connectivity index (χ1n) is 12.6. The molecule has 0 radical (unpaired) electrons. The number of aliphatic hydroxyl groups excluding tert-OH is 1. The molecule has 212 valence electrons. The molecule has 8 nitrogen and oxygen atoms in total. The number of rotatable bonds is 7. The van der Waals surface area contributed by atoms with Crippen LogP contribution in [0.15, 0.2) is 54.6 Å². The highest BCUT2D eigenvalue weighted by Gasteiger charge is 2.42. The Morgan fingerprint density at radius 1 is 1.08 bits per heavy atom. The van der Waals surface area contributed by atoms with Crippen molar-refractivity contribution in [2.24, 2.45) is 0 Å². The quantitative estimate of drug-likeness (QED) is 0.548. The van der Waals surface area contributed by atoms with Crippen LogP contribution in [0.25, 0.3) is 0 Å². The van der Waals surface area contributed by atoms with Crippen LogP contribution in [-0.4, -0.2) is 70.2 Å². The number of benzene rings is 2. The van der Waals surface area contributed by atoms with Gasteiger partial charge in [0.05, 0.1) is 18.2 Å². The van der Waals surface area contributed by atoms with Crippen molar-refractivity contribution in [2.45, 2.75) is 70.1 Å². The normalized spacial score (nSPS) is 18.4. The first kappa shape index (κ1) is 29.9. The van der Waals surface area contributed by atoms with Crippen LogP contribution in [0, 0.1) is 0 Å². The van der Waals surface area contributed by atoms with E-state index in [1.54, 1.807) is 20.8 Å². The second-order valence-corrected chi connectivity index (χ2v) is 10.7. The second-order valence-electron chi connectivity index (χ2n) is 10.7. The van der Waals surface area contributed by atoms with Crippen molar-refractivity contribution >= 4 is 17.9 Å². The van der Waals surface area contributed by atoms with Gasteiger partial charge in [-0.05, 0) is 38.0 Å². The molecule has 3 atom stereocenters. The lowest BCUT2D eigenvalue weighted by Gasteiger charge is -2.30. The third-order valence-corrected chi connectivity index (χ3v) is 6.16. The number of carbonyl (C=O) groups is 3. The van der Waals surface area contributed by atoms with Gasteiger partial charge in [-0.15, -0.1) is 0 Å². The number of ether oxygens (including phenoxy) is 1. The Morgan fingerprint density at radius 3 is 2.33 bits per heavy atom. The molecule has 3 amide bonds. The fraction of sp³-hybridized carbons (Fsp3) is 0.464. The number of nitrogens with one attached hydrogen (secondary N) is 1. The molecule has 0 spiro atoms. The summed E-state index contributed by atoms with van der Waals surface area (Å²) in [5.74, 6) is -1.23. The molecule has 2 aromatic carbocycles. The Bertz CT molecular complexity index is 1170. The van der Waals surface area contributed by atoms with E-state index in [1.807, 2.05) is 30.3 Å². The van der Waals surface area contributed by atoms with E-state index in [1.165, 1.54) is 24.1 Å². The number of likely N-dealkylation sites (tertiary alicyclic amines) is 1. The number of carbonyl (C=O) groups excluding carboxylic acids is 3. The molecule has 1 fully saturated rings. The predicted octanol–water partition coefficient (Wildman–Crippen LogP) is 3.76. The van der Waals surface area contributed by atoms with Gasteiger partial charge >= 0.3 is 12.3 Å². The van der Waals surface area contributed by atoms with Gasteiger partial charge in [0.25, 0.3) is 0 Å². The number of halogens is 3. The SMILES string of the molecule is CN(Cc1ccccc1)C(=O)[C@H](Cc1cccc(C(F)(F)F)c1)NC(=O)[C@@H]1C[C@@H](O)CN1C(=O)OC(C)(C)C. The summed E-state index contributed by atoms with van der Waals surface area (Å²) in [5, 5.41) is 12.8. The smallest absolute Gasteiger partial charge is 0.416 e. The molecule has 0 unspecified atom stereocenters. The number of alkyl halides is 3. The van der Waals surface area contributed by atoms with Gasteiger partial charge in [-0.1, -0.05) is 48.5 Å². The minimum absolute atomic E-state index is 0.0740. The van der Waals surface area contributed by atoms with Crippen LogP contribution >= 0.6 is 0 Å². The van der Waals surface area contributed by atoms with E-state index in [9.17, 15) is 32.7 Å². The van der Waals surface area contributed by atoms with Crippen LogP contribution in [0.2, 0.25) is 0 Å². The van der Waals surface area contributed by atoms with Crippen LogP contribution in [0.4, 0.5) is 18.0 Å². The number of likely N-dealkylation sites (N-methyl/N-ethyl adjacent to an activating group) is 1. The topological polar surface area (TPSA) is 99.2 Å².